The van der Waals surface area contributed by atoms with E-state index in [0.29, 0.717) is 41.8 Å². The van der Waals surface area contributed by atoms with Gasteiger partial charge in [0.05, 0.1) is 30.0 Å². The number of carbonyl (C=O) groups excluding carboxylic acids is 5. The Morgan fingerprint density at radius 3 is 2.50 bits per heavy atom. The van der Waals surface area contributed by atoms with E-state index in [-0.39, 0.29) is 50.9 Å². The zero-order valence-electron chi connectivity index (χ0n) is 43.0. The van der Waals surface area contributed by atoms with Gasteiger partial charge in [-0.2, -0.15) is 8.78 Å². The lowest BCUT2D eigenvalue weighted by atomic mass is 9.84. The maximum Gasteiger partial charge on any atom is 0.369 e. The van der Waals surface area contributed by atoms with Crippen molar-refractivity contribution in [1.29, 1.82) is 0 Å². The second-order valence-corrected chi connectivity index (χ2v) is 20.6. The number of aryl methyl sites for hydroxylation is 1. The number of halogens is 2. The molecule has 0 radical (unpaired) electrons. The number of phenolic OH excluding ortho intramolecular Hbond substituents is 1. The fourth-order valence-corrected chi connectivity index (χ4v) is 10.1. The van der Waals surface area contributed by atoms with Gasteiger partial charge in [0, 0.05) is 80.8 Å². The summed E-state index contributed by atoms with van der Waals surface area (Å²) in [6.45, 7) is 12.7. The largest absolute Gasteiger partial charge is 0.508 e. The summed E-state index contributed by atoms with van der Waals surface area (Å²) in [5.74, 6) is -0.482. The number of fused-ring (bicyclic) bond motifs is 6. The van der Waals surface area contributed by atoms with Crippen molar-refractivity contribution in [2.45, 2.75) is 110 Å². The Bertz CT molecular complexity index is 2780. The minimum Gasteiger partial charge on any atom is -0.508 e. The highest BCUT2D eigenvalue weighted by Gasteiger charge is 2.41. The van der Waals surface area contributed by atoms with Gasteiger partial charge in [0.25, 0.3) is 11.8 Å². The fraction of sp³-hybridized carbons (Fsp3) is 0.519. The van der Waals surface area contributed by atoms with Crippen LogP contribution < -0.4 is 10.7 Å². The SMILES string of the molecule is CCn1c(-c2cccnc2[C@H](C)OC)c2c3cc(ccc31)-c1cc(O)cc(c1)C[C@H](NC(=O)[C@H](C(C)C)N(C)C(=O)[C@H]1CCN(C(=O)C#CC(F)(F)N(C)C)C1)C(=O)N1CCC[C@H](N1)C(=O)OCC(C)(C)C2. The summed E-state index contributed by atoms with van der Waals surface area (Å²) in [5, 5.41) is 16.6. The maximum atomic E-state index is 14.8. The first-order valence-corrected chi connectivity index (χ1v) is 24.7. The van der Waals surface area contributed by atoms with E-state index in [9.17, 15) is 37.9 Å². The van der Waals surface area contributed by atoms with Crippen LogP contribution in [0.5, 0.6) is 5.75 Å². The molecule has 5 atom stereocenters. The second-order valence-electron chi connectivity index (χ2n) is 20.6. The van der Waals surface area contributed by atoms with Crippen molar-refractivity contribution in [3.63, 3.8) is 0 Å². The maximum absolute atomic E-state index is 14.8. The Morgan fingerprint density at radius 2 is 1.81 bits per heavy atom. The predicted octanol–water partition coefficient (Wildman–Crippen LogP) is 5.94. The van der Waals surface area contributed by atoms with Crippen molar-refractivity contribution in [2.24, 2.45) is 17.3 Å². The van der Waals surface area contributed by atoms with Crippen LogP contribution in [0.4, 0.5) is 8.78 Å². The molecule has 386 valence electrons. The first-order chi connectivity index (χ1) is 34.0. The lowest BCUT2D eigenvalue weighted by Gasteiger charge is -2.37. The zero-order valence-corrected chi connectivity index (χ0v) is 43.0. The quantitative estimate of drug-likeness (QED) is 0.0974. The first kappa shape index (κ1) is 53.4. The molecule has 6 bridgehead atoms. The molecule has 4 aromatic rings. The molecule has 72 heavy (non-hydrogen) atoms. The topological polar surface area (TPSA) is 179 Å². The third-order valence-corrected chi connectivity index (χ3v) is 14.1. The number of nitrogens with zero attached hydrogens (tertiary/aromatic N) is 6. The van der Waals surface area contributed by atoms with E-state index in [1.807, 2.05) is 31.0 Å². The highest BCUT2D eigenvalue weighted by Crippen LogP contribution is 2.42. The Morgan fingerprint density at radius 1 is 1.06 bits per heavy atom. The average molecular weight is 995 g/mol. The molecule has 2 fully saturated rings. The molecular formula is C54H68F2N8O8. The van der Waals surface area contributed by atoms with E-state index >= 15 is 0 Å². The van der Waals surface area contributed by atoms with Gasteiger partial charge in [0.1, 0.15) is 23.9 Å². The van der Waals surface area contributed by atoms with Crippen LogP contribution in [0.3, 0.4) is 0 Å². The van der Waals surface area contributed by atoms with Crippen LogP contribution in [0, 0.1) is 29.1 Å². The molecule has 5 heterocycles. The number of esters is 1. The van der Waals surface area contributed by atoms with Crippen molar-refractivity contribution in [3.05, 3.63) is 71.5 Å². The first-order valence-electron chi connectivity index (χ1n) is 24.7. The number of aromatic hydroxyl groups is 1. The van der Waals surface area contributed by atoms with E-state index in [4.69, 9.17) is 14.5 Å². The van der Waals surface area contributed by atoms with Gasteiger partial charge in [-0.25, -0.2) is 10.3 Å². The van der Waals surface area contributed by atoms with Crippen molar-refractivity contribution in [3.8, 4) is 40.0 Å². The molecule has 0 unspecified atom stereocenters. The number of hydrogen-bond donors (Lipinski definition) is 3. The molecule has 2 aromatic heterocycles. The molecule has 3 aliphatic rings. The van der Waals surface area contributed by atoms with Crippen molar-refractivity contribution >= 4 is 40.5 Å². The normalized spacial score (nSPS) is 20.4. The van der Waals surface area contributed by atoms with Crippen molar-refractivity contribution in [1.82, 2.24) is 40.0 Å². The van der Waals surface area contributed by atoms with Gasteiger partial charge in [0.15, 0.2) is 0 Å². The lowest BCUT2D eigenvalue weighted by Crippen LogP contribution is -2.62. The van der Waals surface area contributed by atoms with Gasteiger partial charge in [-0.05, 0) is 124 Å². The summed E-state index contributed by atoms with van der Waals surface area (Å²) in [5.41, 5.74) is 9.21. The van der Waals surface area contributed by atoms with Crippen LogP contribution in [-0.2, 0) is 52.8 Å². The van der Waals surface area contributed by atoms with Gasteiger partial charge >= 0.3 is 12.0 Å². The number of likely N-dealkylation sites (tertiary alicyclic amines) is 1. The lowest BCUT2D eigenvalue weighted by molar-refractivity contribution is -0.155. The molecule has 0 saturated carbocycles. The van der Waals surface area contributed by atoms with Crippen LogP contribution in [0.25, 0.3) is 33.3 Å². The minimum absolute atomic E-state index is 0.0537. The molecule has 0 aliphatic carbocycles. The summed E-state index contributed by atoms with van der Waals surface area (Å²) in [4.78, 5) is 78.2. The highest BCUT2D eigenvalue weighted by atomic mass is 19.3. The van der Waals surface area contributed by atoms with Crippen LogP contribution in [0.15, 0.2) is 54.7 Å². The molecular weight excluding hydrogens is 927 g/mol. The molecule has 4 amide bonds. The number of aromatic nitrogens is 2. The van der Waals surface area contributed by atoms with Gasteiger partial charge < -0.3 is 34.3 Å². The molecule has 7 rings (SSSR count). The van der Waals surface area contributed by atoms with Gasteiger partial charge in [-0.15, -0.1) is 0 Å². The average Bonchev–Trinajstić information content (AvgIpc) is 3.96. The number of cyclic esters (lactones) is 1. The van der Waals surface area contributed by atoms with Gasteiger partial charge in [0.2, 0.25) is 11.8 Å². The Hall–Kier alpha value is -6.42. The number of pyridine rings is 1. The highest BCUT2D eigenvalue weighted by molar-refractivity contribution is 5.97. The van der Waals surface area contributed by atoms with E-state index in [1.165, 1.54) is 21.9 Å². The van der Waals surface area contributed by atoms with Crippen molar-refractivity contribution in [2.75, 3.05) is 54.5 Å². The van der Waals surface area contributed by atoms with E-state index < -0.39 is 71.0 Å². The molecule has 0 spiro atoms. The summed E-state index contributed by atoms with van der Waals surface area (Å²) >= 11 is 0. The number of phenols is 1. The third kappa shape index (κ3) is 11.4. The predicted molar refractivity (Wildman–Crippen MR) is 268 cm³/mol. The van der Waals surface area contributed by atoms with Crippen LogP contribution in [-0.4, -0.2) is 143 Å². The fourth-order valence-electron chi connectivity index (χ4n) is 10.1. The smallest absolute Gasteiger partial charge is 0.369 e. The number of methoxy groups -OCH3 is 1. The number of likely N-dealkylation sites (N-methyl/N-ethyl adjacent to an activating group) is 1. The number of hydrogen-bond acceptors (Lipinski definition) is 11. The Kier molecular flexibility index (Phi) is 16.1. The molecule has 2 aromatic carbocycles. The monoisotopic (exact) mass is 995 g/mol. The number of alkyl halides is 2. The number of benzene rings is 2. The van der Waals surface area contributed by atoms with Gasteiger partial charge in [-0.1, -0.05) is 39.8 Å². The summed E-state index contributed by atoms with van der Waals surface area (Å²) in [6.07, 6.45) is 2.98. The number of ether oxygens (including phenoxy) is 2. The Labute approximate surface area is 420 Å². The molecule has 2 saturated heterocycles. The summed E-state index contributed by atoms with van der Waals surface area (Å²) < 4.78 is 42.4. The van der Waals surface area contributed by atoms with E-state index in [0.717, 1.165) is 53.1 Å². The number of rotatable bonds is 10. The summed E-state index contributed by atoms with van der Waals surface area (Å²) in [6, 6.07) is 8.51. The molecule has 18 heteroatoms. The number of nitrogens with one attached hydrogen (secondary N) is 2. The van der Waals surface area contributed by atoms with E-state index in [2.05, 4.69) is 54.3 Å². The standard InChI is InChI=1S/C54H68F2N8O8/c1-11-63-44-17-16-35-28-40(44)41(48(63)39-14-12-21-57-46(39)33(4)71-10)29-53(5,6)31-72-52(70)42-15-13-22-64(59-42)51(69)43(26-34-24-37(35)27-38(65)25-34)58-49(67)47(32(2)3)61(9)50(68)36-19-23-62(30-36)45(66)18-20-54(55,56)60(7)8/h12,14,16-17,21,24-25,27-28,32-33,36,42-43,47,59,65H,11,13,15,19,22-23,26,29-31H2,1-10H3,(H,58,67)/t33-,36-,42-,43-,47-/m0/s1. The number of carbonyl (C=O) groups is 5. The molecule has 3 aliphatic heterocycles. The molecule has 16 nitrogen and oxygen atoms in total. The zero-order chi connectivity index (χ0) is 52.4. The second kappa shape index (κ2) is 21.7. The summed E-state index contributed by atoms with van der Waals surface area (Å²) in [7, 11) is 5.43. The Balaban J connectivity index is 1.25. The number of amides is 4. The number of hydrazine groups is 1. The van der Waals surface area contributed by atoms with Crippen LogP contribution >= 0.6 is 0 Å². The third-order valence-electron chi connectivity index (χ3n) is 14.1. The van der Waals surface area contributed by atoms with Crippen LogP contribution in [0.1, 0.15) is 83.7 Å². The minimum atomic E-state index is -3.52. The van der Waals surface area contributed by atoms with Crippen LogP contribution in [0.2, 0.25) is 0 Å². The molecule has 3 N–H and O–H groups in total. The van der Waals surface area contributed by atoms with E-state index in [1.54, 1.807) is 45.2 Å². The van der Waals surface area contributed by atoms with Gasteiger partial charge in [-0.3, -0.25) is 34.0 Å². The van der Waals surface area contributed by atoms with Crippen molar-refractivity contribution < 1.29 is 47.3 Å².